The van der Waals surface area contributed by atoms with Crippen LogP contribution < -0.4 is 4.90 Å². The number of hydrogen-bond donors (Lipinski definition) is 1. The van der Waals surface area contributed by atoms with Crippen LogP contribution in [-0.4, -0.2) is 78.4 Å². The lowest BCUT2D eigenvalue weighted by Crippen LogP contribution is -2.60. The van der Waals surface area contributed by atoms with Crippen LogP contribution in [0.1, 0.15) is 29.5 Å². The van der Waals surface area contributed by atoms with Gasteiger partial charge < -0.3 is 14.7 Å². The van der Waals surface area contributed by atoms with Crippen molar-refractivity contribution in [2.75, 3.05) is 51.3 Å². The first kappa shape index (κ1) is 24.4. The fourth-order valence-electron chi connectivity index (χ4n) is 5.10. The maximum atomic E-state index is 14.3. The molecular weight excluding hydrogens is 443 g/mol. The van der Waals surface area contributed by atoms with Gasteiger partial charge in [-0.05, 0) is 56.1 Å². The molecule has 8 heteroatoms. The van der Waals surface area contributed by atoms with Crippen LogP contribution in [0.15, 0.2) is 30.5 Å². The van der Waals surface area contributed by atoms with Gasteiger partial charge in [-0.15, -0.1) is 0 Å². The molecule has 1 aromatic heterocycles. The third kappa shape index (κ3) is 5.84. The van der Waals surface area contributed by atoms with Crippen LogP contribution in [0.4, 0.5) is 10.2 Å². The molecule has 1 unspecified atom stereocenters. The van der Waals surface area contributed by atoms with Gasteiger partial charge in [-0.2, -0.15) is 0 Å². The van der Waals surface area contributed by atoms with E-state index in [9.17, 15) is 9.50 Å². The largest absolute Gasteiger partial charge is 0.392 e. The number of aliphatic hydroxyl groups excluding tert-OH is 1. The summed E-state index contributed by atoms with van der Waals surface area (Å²) in [4.78, 5) is 11.7. The smallest absolute Gasteiger partial charge is 0.147 e. The Labute approximate surface area is 200 Å². The Hall–Kier alpha value is -1.77. The predicted octanol–water partition coefficient (Wildman–Crippen LogP) is 3.48. The van der Waals surface area contributed by atoms with Crippen molar-refractivity contribution in [3.05, 3.63) is 58.0 Å². The van der Waals surface area contributed by atoms with E-state index < -0.39 is 0 Å². The van der Waals surface area contributed by atoms with Crippen molar-refractivity contribution in [2.24, 2.45) is 0 Å². The maximum absolute atomic E-state index is 14.3. The molecule has 3 heterocycles. The fraction of sp³-hybridized carbons (Fsp3) is 0.560. The van der Waals surface area contributed by atoms with Crippen LogP contribution in [0.25, 0.3) is 0 Å². The third-order valence-electron chi connectivity index (χ3n) is 6.88. The molecule has 1 N–H and O–H groups in total. The highest BCUT2D eigenvalue weighted by Crippen LogP contribution is 2.29. The van der Waals surface area contributed by atoms with Crippen LogP contribution in [0, 0.1) is 12.7 Å². The van der Waals surface area contributed by atoms with E-state index in [-0.39, 0.29) is 18.5 Å². The van der Waals surface area contributed by atoms with Crippen molar-refractivity contribution in [1.29, 1.82) is 0 Å². The molecule has 2 aromatic rings. The highest BCUT2D eigenvalue weighted by molar-refractivity contribution is 6.33. The van der Waals surface area contributed by atoms with Crippen molar-refractivity contribution >= 4 is 17.4 Å². The highest BCUT2D eigenvalue weighted by Gasteiger charge is 2.34. The number of benzene rings is 1. The van der Waals surface area contributed by atoms with Gasteiger partial charge in [0.15, 0.2) is 0 Å². The summed E-state index contributed by atoms with van der Waals surface area (Å²) in [6, 6.07) is 8.05. The van der Waals surface area contributed by atoms with Gasteiger partial charge in [0.1, 0.15) is 11.6 Å². The van der Waals surface area contributed by atoms with Gasteiger partial charge in [0.2, 0.25) is 0 Å². The van der Waals surface area contributed by atoms with Gasteiger partial charge in [0, 0.05) is 51.1 Å². The second kappa shape index (κ2) is 11.1. The van der Waals surface area contributed by atoms with Crippen molar-refractivity contribution in [3.63, 3.8) is 0 Å². The topological polar surface area (TPSA) is 52.1 Å². The number of halogens is 2. The van der Waals surface area contributed by atoms with Crippen molar-refractivity contribution in [2.45, 2.75) is 45.0 Å². The zero-order chi connectivity index (χ0) is 23.4. The fourth-order valence-corrected chi connectivity index (χ4v) is 5.41. The lowest BCUT2D eigenvalue weighted by molar-refractivity contribution is 0.0248. The Kier molecular flexibility index (Phi) is 8.20. The van der Waals surface area contributed by atoms with E-state index in [1.54, 1.807) is 25.4 Å². The second-order valence-corrected chi connectivity index (χ2v) is 9.61. The number of rotatable bonds is 7. The summed E-state index contributed by atoms with van der Waals surface area (Å²) in [5.41, 5.74) is 2.45. The lowest BCUT2D eigenvalue weighted by atomic mass is 9.98. The molecule has 0 bridgehead atoms. The highest BCUT2D eigenvalue weighted by atomic mass is 35.5. The number of piperazine rings is 1. The van der Waals surface area contributed by atoms with Gasteiger partial charge in [-0.1, -0.05) is 23.7 Å². The number of pyridine rings is 1. The summed E-state index contributed by atoms with van der Waals surface area (Å²) >= 11 is 6.46. The number of hydrogen-bond acceptors (Lipinski definition) is 6. The number of likely N-dealkylation sites (tertiary alicyclic amines) is 1. The minimum absolute atomic E-state index is 0.0671. The van der Waals surface area contributed by atoms with Crippen molar-refractivity contribution in [3.8, 4) is 0 Å². The van der Waals surface area contributed by atoms with Crippen LogP contribution in [0.5, 0.6) is 0 Å². The summed E-state index contributed by atoms with van der Waals surface area (Å²) in [7, 11) is 1.75. The maximum Gasteiger partial charge on any atom is 0.147 e. The first-order valence-corrected chi connectivity index (χ1v) is 12.1. The summed E-state index contributed by atoms with van der Waals surface area (Å²) in [6.07, 6.45) is 3.82. The Morgan fingerprint density at radius 1 is 1.18 bits per heavy atom. The van der Waals surface area contributed by atoms with E-state index in [1.165, 1.54) is 0 Å². The van der Waals surface area contributed by atoms with E-state index in [0.717, 1.165) is 62.5 Å². The minimum atomic E-state index is -0.104. The Bertz CT molecular complexity index is 939. The monoisotopic (exact) mass is 476 g/mol. The molecule has 1 atom stereocenters. The summed E-state index contributed by atoms with van der Waals surface area (Å²) in [6.45, 7) is 7.67. The molecule has 2 fully saturated rings. The van der Waals surface area contributed by atoms with E-state index in [1.807, 2.05) is 19.1 Å². The number of aliphatic hydroxyl groups is 1. The van der Waals surface area contributed by atoms with E-state index >= 15 is 0 Å². The average Bonchev–Trinajstić information content (AvgIpc) is 2.81. The molecule has 0 aliphatic carbocycles. The normalized spacial score (nSPS) is 21.0. The molecule has 180 valence electrons. The van der Waals surface area contributed by atoms with Gasteiger partial charge in [-0.25, -0.2) is 9.37 Å². The number of aromatic nitrogens is 1. The Balaban J connectivity index is 1.36. The van der Waals surface area contributed by atoms with Gasteiger partial charge >= 0.3 is 0 Å². The van der Waals surface area contributed by atoms with Crippen LogP contribution in [0.2, 0.25) is 5.02 Å². The summed E-state index contributed by atoms with van der Waals surface area (Å²) in [5.74, 6) is 0.664. The molecule has 33 heavy (non-hydrogen) atoms. The van der Waals surface area contributed by atoms with Crippen LogP contribution in [0.3, 0.4) is 0 Å². The summed E-state index contributed by atoms with van der Waals surface area (Å²) in [5, 5.41) is 9.89. The third-order valence-corrected chi connectivity index (χ3v) is 7.15. The zero-order valence-electron chi connectivity index (χ0n) is 19.5. The number of methoxy groups -OCH3 is 1. The Morgan fingerprint density at radius 2 is 1.97 bits per heavy atom. The first-order valence-electron chi connectivity index (χ1n) is 11.7. The van der Waals surface area contributed by atoms with Gasteiger partial charge in [-0.3, -0.25) is 9.80 Å². The lowest BCUT2D eigenvalue weighted by Gasteiger charge is -2.47. The number of aryl methyl sites for hydroxylation is 1. The molecule has 0 radical (unpaired) electrons. The number of piperidine rings is 1. The minimum Gasteiger partial charge on any atom is -0.392 e. The molecule has 0 saturated carbocycles. The first-order chi connectivity index (χ1) is 16.0. The van der Waals surface area contributed by atoms with Crippen molar-refractivity contribution in [1.82, 2.24) is 14.8 Å². The average molecular weight is 477 g/mol. The number of nitrogens with zero attached hydrogens (tertiary/aromatic N) is 4. The number of ether oxygens (including phenoxy) is 1. The molecule has 2 aliphatic rings. The zero-order valence-corrected chi connectivity index (χ0v) is 20.3. The molecule has 0 spiro atoms. The molecule has 2 saturated heterocycles. The molecule has 6 nitrogen and oxygen atoms in total. The molecule has 4 rings (SSSR count). The van der Waals surface area contributed by atoms with Gasteiger partial charge in [0.25, 0.3) is 0 Å². The Morgan fingerprint density at radius 3 is 2.64 bits per heavy atom. The predicted molar refractivity (Wildman–Crippen MR) is 129 cm³/mol. The van der Waals surface area contributed by atoms with Gasteiger partial charge in [0.05, 0.1) is 24.3 Å². The molecular formula is C25H34ClFN4O2. The standard InChI is InChI=1S/C25H34ClFN4O2/c1-18-3-4-20(24(27)11-18)14-29-7-5-21(6-8-29)31-10-9-30(15-22(31)17-33-2)25-23(26)12-19(16-32)13-28-25/h3-4,11-13,21-22,32H,5-10,14-17H2,1-2H3. The molecule has 2 aliphatic heterocycles. The van der Waals surface area contributed by atoms with Crippen LogP contribution >= 0.6 is 11.6 Å². The SMILES string of the molecule is COCC1CN(c2ncc(CO)cc2Cl)CCN1C1CCN(Cc2ccc(C)cc2F)CC1. The molecule has 1 aromatic carbocycles. The number of anilines is 1. The summed E-state index contributed by atoms with van der Waals surface area (Å²) < 4.78 is 19.8. The second-order valence-electron chi connectivity index (χ2n) is 9.20. The van der Waals surface area contributed by atoms with E-state index in [0.29, 0.717) is 29.8 Å². The molecule has 0 amide bonds. The van der Waals surface area contributed by atoms with E-state index in [2.05, 4.69) is 19.7 Å². The quantitative estimate of drug-likeness (QED) is 0.660. The van der Waals surface area contributed by atoms with E-state index in [4.69, 9.17) is 16.3 Å². The van der Waals surface area contributed by atoms with Crippen molar-refractivity contribution < 1.29 is 14.2 Å². The van der Waals surface area contributed by atoms with Crippen LogP contribution in [-0.2, 0) is 17.9 Å².